The molecule has 1 saturated carbocycles. The molecule has 2 amide bonds. The van der Waals surface area contributed by atoms with Gasteiger partial charge in [0.1, 0.15) is 6.04 Å². The second-order valence-corrected chi connectivity index (χ2v) is 5.83. The highest BCUT2D eigenvalue weighted by Gasteiger charge is 2.32. The van der Waals surface area contributed by atoms with Crippen LogP contribution < -0.4 is 10.6 Å². The topological polar surface area (TPSA) is 70.6 Å². The molecule has 0 aromatic carbocycles. The minimum absolute atomic E-state index is 0.120. The molecule has 0 unspecified atom stereocenters. The maximum Gasteiger partial charge on any atom is 0.248 e. The van der Waals surface area contributed by atoms with Gasteiger partial charge in [0.15, 0.2) is 5.17 Å². The average Bonchev–Trinajstić information content (AvgIpc) is 2.97. The van der Waals surface area contributed by atoms with Crippen LogP contribution in [0.15, 0.2) is 4.99 Å². The van der Waals surface area contributed by atoms with E-state index in [1.807, 2.05) is 0 Å². The number of carbonyl (C=O) groups is 2. The maximum atomic E-state index is 12.2. The molecule has 1 heterocycles. The van der Waals surface area contributed by atoms with Crippen LogP contribution >= 0.6 is 11.8 Å². The summed E-state index contributed by atoms with van der Waals surface area (Å²) < 4.78 is 0. The molecule has 2 N–H and O–H groups in total. The van der Waals surface area contributed by atoms with Crippen molar-refractivity contribution in [1.29, 1.82) is 0 Å². The van der Waals surface area contributed by atoms with E-state index in [4.69, 9.17) is 0 Å². The first-order chi connectivity index (χ1) is 8.66. The molecule has 1 atom stereocenters. The smallest absolute Gasteiger partial charge is 0.248 e. The number of aliphatic imine (C=N–C) groups is 1. The Bertz CT molecular complexity index is 364. The van der Waals surface area contributed by atoms with Gasteiger partial charge in [-0.2, -0.15) is 0 Å². The molecule has 1 aliphatic heterocycles. The van der Waals surface area contributed by atoms with Crippen LogP contribution in [0, 0.1) is 5.92 Å². The van der Waals surface area contributed by atoms with E-state index in [2.05, 4.69) is 15.6 Å². The van der Waals surface area contributed by atoms with E-state index in [0.717, 1.165) is 38.0 Å². The number of rotatable bonds is 3. The minimum atomic E-state index is -0.408. The van der Waals surface area contributed by atoms with Gasteiger partial charge in [-0.05, 0) is 18.8 Å². The van der Waals surface area contributed by atoms with E-state index < -0.39 is 6.04 Å². The Morgan fingerprint density at radius 3 is 2.67 bits per heavy atom. The fourth-order valence-corrected chi connectivity index (χ4v) is 3.23. The van der Waals surface area contributed by atoms with Gasteiger partial charge in [0.25, 0.3) is 0 Å². The van der Waals surface area contributed by atoms with Crippen molar-refractivity contribution >= 4 is 28.7 Å². The number of carbonyl (C=O) groups excluding carboxylic acids is 2. The monoisotopic (exact) mass is 269 g/mol. The molecule has 2 aliphatic rings. The van der Waals surface area contributed by atoms with Crippen molar-refractivity contribution in [3.05, 3.63) is 0 Å². The molecule has 1 fully saturated rings. The van der Waals surface area contributed by atoms with Crippen LogP contribution in [0.4, 0.5) is 0 Å². The Morgan fingerprint density at radius 1 is 1.39 bits per heavy atom. The molecular weight excluding hydrogens is 250 g/mol. The third-order valence-electron chi connectivity index (χ3n) is 3.33. The van der Waals surface area contributed by atoms with Gasteiger partial charge >= 0.3 is 0 Å². The third kappa shape index (κ3) is 3.48. The molecule has 0 bridgehead atoms. The lowest BCUT2D eigenvalue weighted by Gasteiger charge is -2.23. The van der Waals surface area contributed by atoms with Gasteiger partial charge in [0.05, 0.1) is 6.54 Å². The number of hydrogen-bond acceptors (Lipinski definition) is 4. The standard InChI is InChI=1S/C12H19N3O2S/c1-8(16)14-10(9-4-2-3-5-9)11(17)15-12-13-6-7-18-12/h9-10H,2-7H2,1H3,(H,14,16)(H,13,15,17)/t10-/m1/s1. The summed E-state index contributed by atoms with van der Waals surface area (Å²) >= 11 is 1.55. The fourth-order valence-electron chi connectivity index (χ4n) is 2.50. The van der Waals surface area contributed by atoms with E-state index in [1.165, 1.54) is 6.92 Å². The van der Waals surface area contributed by atoms with Crippen LogP contribution in [0.5, 0.6) is 0 Å². The second kappa shape index (κ2) is 6.22. The van der Waals surface area contributed by atoms with Gasteiger partial charge in [-0.25, -0.2) is 0 Å². The summed E-state index contributed by atoms with van der Waals surface area (Å²) in [5.41, 5.74) is 0. The lowest BCUT2D eigenvalue weighted by atomic mass is 9.97. The Balaban J connectivity index is 1.97. The lowest BCUT2D eigenvalue weighted by molar-refractivity contribution is -0.128. The minimum Gasteiger partial charge on any atom is -0.344 e. The van der Waals surface area contributed by atoms with Crippen LogP contribution in [0.25, 0.3) is 0 Å². The number of hydrogen-bond donors (Lipinski definition) is 2. The van der Waals surface area contributed by atoms with E-state index in [9.17, 15) is 9.59 Å². The summed E-state index contributed by atoms with van der Waals surface area (Å²) in [5.74, 6) is 0.915. The second-order valence-electron chi connectivity index (χ2n) is 4.75. The van der Waals surface area contributed by atoms with Crippen LogP contribution in [0.2, 0.25) is 0 Å². The largest absolute Gasteiger partial charge is 0.344 e. The molecule has 6 heteroatoms. The number of thioether (sulfide) groups is 1. The number of amides is 2. The molecule has 1 aliphatic carbocycles. The Hall–Kier alpha value is -1.04. The van der Waals surface area contributed by atoms with E-state index in [-0.39, 0.29) is 17.7 Å². The highest BCUT2D eigenvalue weighted by Crippen LogP contribution is 2.28. The molecule has 0 radical (unpaired) electrons. The zero-order chi connectivity index (χ0) is 13.0. The molecule has 0 spiro atoms. The van der Waals surface area contributed by atoms with Crippen LogP contribution in [-0.4, -0.2) is 35.3 Å². The van der Waals surface area contributed by atoms with Crippen molar-refractivity contribution in [2.45, 2.75) is 38.6 Å². The first-order valence-electron chi connectivity index (χ1n) is 6.42. The molecular formula is C12H19N3O2S. The van der Waals surface area contributed by atoms with Gasteiger partial charge in [0.2, 0.25) is 11.8 Å². The number of nitrogens with one attached hydrogen (secondary N) is 2. The lowest BCUT2D eigenvalue weighted by Crippen LogP contribution is -2.50. The zero-order valence-electron chi connectivity index (χ0n) is 10.6. The molecule has 18 heavy (non-hydrogen) atoms. The van der Waals surface area contributed by atoms with Gasteiger partial charge < -0.3 is 10.6 Å². The van der Waals surface area contributed by atoms with Gasteiger partial charge in [0, 0.05) is 12.7 Å². The summed E-state index contributed by atoms with van der Waals surface area (Å²) in [6, 6.07) is -0.408. The quantitative estimate of drug-likeness (QED) is 0.799. The third-order valence-corrected chi connectivity index (χ3v) is 4.22. The number of amidine groups is 1. The highest BCUT2D eigenvalue weighted by atomic mass is 32.2. The predicted molar refractivity (Wildman–Crippen MR) is 72.5 cm³/mol. The molecule has 0 aromatic heterocycles. The Kier molecular flexibility index (Phi) is 4.63. The van der Waals surface area contributed by atoms with Crippen molar-refractivity contribution in [3.8, 4) is 0 Å². The van der Waals surface area contributed by atoms with Crippen molar-refractivity contribution < 1.29 is 9.59 Å². The SMILES string of the molecule is CC(=O)N[C@@H](C(=O)NC1=NCCS1)C1CCCC1. The van der Waals surface area contributed by atoms with Crippen molar-refractivity contribution in [2.24, 2.45) is 10.9 Å². The van der Waals surface area contributed by atoms with Gasteiger partial charge in [-0.15, -0.1) is 0 Å². The fraction of sp³-hybridized carbons (Fsp3) is 0.750. The van der Waals surface area contributed by atoms with E-state index in [0.29, 0.717) is 5.17 Å². The van der Waals surface area contributed by atoms with Gasteiger partial charge in [-0.3, -0.25) is 14.6 Å². The Morgan fingerprint density at radius 2 is 2.11 bits per heavy atom. The maximum absolute atomic E-state index is 12.2. The van der Waals surface area contributed by atoms with Crippen LogP contribution in [0.1, 0.15) is 32.6 Å². The van der Waals surface area contributed by atoms with Crippen LogP contribution in [0.3, 0.4) is 0 Å². The highest BCUT2D eigenvalue weighted by molar-refractivity contribution is 8.14. The first-order valence-corrected chi connectivity index (χ1v) is 7.40. The van der Waals surface area contributed by atoms with E-state index in [1.54, 1.807) is 11.8 Å². The van der Waals surface area contributed by atoms with Crippen LogP contribution in [-0.2, 0) is 9.59 Å². The van der Waals surface area contributed by atoms with Gasteiger partial charge in [-0.1, -0.05) is 24.6 Å². The summed E-state index contributed by atoms with van der Waals surface area (Å²) in [4.78, 5) is 27.6. The van der Waals surface area contributed by atoms with Crippen molar-refractivity contribution in [2.75, 3.05) is 12.3 Å². The first kappa shape index (κ1) is 13.4. The molecule has 0 saturated heterocycles. The summed E-state index contributed by atoms with van der Waals surface area (Å²) in [6.07, 6.45) is 4.31. The normalized spacial score (nSPS) is 21.5. The number of nitrogens with zero attached hydrogens (tertiary/aromatic N) is 1. The summed E-state index contributed by atoms with van der Waals surface area (Å²) in [6.45, 7) is 2.21. The Labute approximate surface area is 111 Å². The zero-order valence-corrected chi connectivity index (χ0v) is 11.4. The molecule has 100 valence electrons. The molecule has 5 nitrogen and oxygen atoms in total. The van der Waals surface area contributed by atoms with E-state index >= 15 is 0 Å². The summed E-state index contributed by atoms with van der Waals surface area (Å²) in [5, 5.41) is 6.29. The van der Waals surface area contributed by atoms with Crippen molar-refractivity contribution in [1.82, 2.24) is 10.6 Å². The van der Waals surface area contributed by atoms with Crippen molar-refractivity contribution in [3.63, 3.8) is 0 Å². The average molecular weight is 269 g/mol. The predicted octanol–water partition coefficient (Wildman–Crippen LogP) is 0.900. The molecule has 0 aromatic rings. The molecule has 2 rings (SSSR count). The summed E-state index contributed by atoms with van der Waals surface area (Å²) in [7, 11) is 0.